The SMILES string of the molecule is COc1cc(/C=N\NC(=O)c2cc(C)oc2C)ccc1OC(=O)c1ccco1. The van der Waals surface area contributed by atoms with Crippen LogP contribution >= 0.6 is 0 Å². The second-order valence-electron chi connectivity index (χ2n) is 5.80. The van der Waals surface area contributed by atoms with Crippen molar-refractivity contribution in [1.29, 1.82) is 0 Å². The molecule has 3 rings (SSSR count). The van der Waals surface area contributed by atoms with Crippen LogP contribution < -0.4 is 14.9 Å². The summed E-state index contributed by atoms with van der Waals surface area (Å²) in [5.74, 6) is 0.807. The molecule has 3 aromatic rings. The van der Waals surface area contributed by atoms with Gasteiger partial charge >= 0.3 is 5.97 Å². The van der Waals surface area contributed by atoms with Crippen LogP contribution in [0.25, 0.3) is 0 Å². The number of aryl methyl sites for hydroxylation is 2. The van der Waals surface area contributed by atoms with E-state index in [1.807, 2.05) is 0 Å². The molecule has 8 heteroatoms. The quantitative estimate of drug-likeness (QED) is 0.303. The first-order chi connectivity index (χ1) is 13.5. The lowest BCUT2D eigenvalue weighted by Gasteiger charge is -2.09. The highest BCUT2D eigenvalue weighted by atomic mass is 16.6. The van der Waals surface area contributed by atoms with Gasteiger partial charge in [-0.3, -0.25) is 4.79 Å². The number of nitrogens with one attached hydrogen (secondary N) is 1. The summed E-state index contributed by atoms with van der Waals surface area (Å²) >= 11 is 0. The van der Waals surface area contributed by atoms with Gasteiger partial charge in [0.05, 0.1) is 25.2 Å². The second-order valence-corrected chi connectivity index (χ2v) is 5.80. The number of benzene rings is 1. The Balaban J connectivity index is 1.67. The van der Waals surface area contributed by atoms with Crippen molar-refractivity contribution in [3.8, 4) is 11.5 Å². The lowest BCUT2D eigenvalue weighted by atomic mass is 10.2. The van der Waals surface area contributed by atoms with Gasteiger partial charge in [0.1, 0.15) is 11.5 Å². The van der Waals surface area contributed by atoms with Crippen LogP contribution in [0, 0.1) is 13.8 Å². The highest BCUT2D eigenvalue weighted by Gasteiger charge is 2.15. The number of furan rings is 2. The van der Waals surface area contributed by atoms with Crippen LogP contribution in [0.1, 0.15) is 38.0 Å². The van der Waals surface area contributed by atoms with E-state index in [2.05, 4.69) is 10.5 Å². The molecule has 0 aliphatic heterocycles. The van der Waals surface area contributed by atoms with E-state index in [0.717, 1.165) is 0 Å². The van der Waals surface area contributed by atoms with Gasteiger partial charge in [0.25, 0.3) is 5.91 Å². The predicted octanol–water partition coefficient (Wildman–Crippen LogP) is 3.48. The zero-order chi connectivity index (χ0) is 20.1. The molecule has 0 aliphatic carbocycles. The summed E-state index contributed by atoms with van der Waals surface area (Å²) < 4.78 is 20.8. The number of ether oxygens (including phenoxy) is 2. The maximum Gasteiger partial charge on any atom is 0.379 e. The molecule has 144 valence electrons. The Labute approximate surface area is 160 Å². The van der Waals surface area contributed by atoms with Crippen LogP contribution in [0.4, 0.5) is 0 Å². The molecule has 0 fully saturated rings. The topological polar surface area (TPSA) is 103 Å². The van der Waals surface area contributed by atoms with E-state index < -0.39 is 5.97 Å². The fourth-order valence-electron chi connectivity index (χ4n) is 2.48. The molecule has 1 N–H and O–H groups in total. The van der Waals surface area contributed by atoms with Gasteiger partial charge in [0.15, 0.2) is 11.5 Å². The van der Waals surface area contributed by atoms with Crippen molar-refractivity contribution < 1.29 is 27.9 Å². The number of carbonyl (C=O) groups is 2. The number of hydrogen-bond donors (Lipinski definition) is 1. The maximum absolute atomic E-state index is 12.1. The standard InChI is InChI=1S/C20H18N2O6/c1-12-9-15(13(2)27-12)19(23)22-21-11-14-6-7-16(18(10-14)25-3)28-20(24)17-5-4-8-26-17/h4-11H,1-3H3,(H,22,23)/b21-11-. The molecule has 0 unspecified atom stereocenters. The fraction of sp³-hybridized carbons (Fsp3) is 0.150. The Kier molecular flexibility index (Phi) is 5.59. The minimum atomic E-state index is -0.636. The monoisotopic (exact) mass is 382 g/mol. The number of esters is 1. The molecule has 0 bridgehead atoms. The normalized spacial score (nSPS) is 10.8. The molecule has 0 saturated carbocycles. The summed E-state index contributed by atoms with van der Waals surface area (Å²) in [6.45, 7) is 3.47. The van der Waals surface area contributed by atoms with Crippen molar-refractivity contribution in [3.63, 3.8) is 0 Å². The molecular formula is C20H18N2O6. The predicted molar refractivity (Wildman–Crippen MR) is 99.9 cm³/mol. The van der Waals surface area contributed by atoms with E-state index in [1.54, 1.807) is 44.2 Å². The number of nitrogens with zero attached hydrogens (tertiary/aromatic N) is 1. The van der Waals surface area contributed by atoms with Crippen molar-refractivity contribution in [2.45, 2.75) is 13.8 Å². The molecule has 0 spiro atoms. The first-order valence-corrected chi connectivity index (χ1v) is 8.32. The Morgan fingerprint density at radius 1 is 1.14 bits per heavy atom. The second kappa shape index (κ2) is 8.26. The van der Waals surface area contributed by atoms with Crippen LogP contribution in [-0.2, 0) is 0 Å². The average molecular weight is 382 g/mol. The van der Waals surface area contributed by atoms with Gasteiger partial charge in [-0.15, -0.1) is 0 Å². The van der Waals surface area contributed by atoms with Crippen molar-refractivity contribution in [1.82, 2.24) is 5.43 Å². The third kappa shape index (κ3) is 4.29. The van der Waals surface area contributed by atoms with Crippen molar-refractivity contribution in [2.24, 2.45) is 5.10 Å². The molecule has 28 heavy (non-hydrogen) atoms. The molecule has 0 aliphatic rings. The Morgan fingerprint density at radius 2 is 1.96 bits per heavy atom. The molecule has 2 heterocycles. The molecular weight excluding hydrogens is 364 g/mol. The van der Waals surface area contributed by atoms with Crippen molar-refractivity contribution in [2.75, 3.05) is 7.11 Å². The molecule has 1 aromatic carbocycles. The number of hydrazone groups is 1. The zero-order valence-corrected chi connectivity index (χ0v) is 15.5. The number of amides is 1. The minimum Gasteiger partial charge on any atom is -0.493 e. The minimum absolute atomic E-state index is 0.0835. The maximum atomic E-state index is 12.1. The van der Waals surface area contributed by atoms with E-state index in [-0.39, 0.29) is 17.4 Å². The average Bonchev–Trinajstić information content (AvgIpc) is 3.32. The summed E-state index contributed by atoms with van der Waals surface area (Å²) in [6, 6.07) is 9.58. The van der Waals surface area contributed by atoms with Gasteiger partial charge in [-0.05, 0) is 55.8 Å². The van der Waals surface area contributed by atoms with Gasteiger partial charge in [0.2, 0.25) is 5.76 Å². The summed E-state index contributed by atoms with van der Waals surface area (Å²) in [5, 5.41) is 3.93. The fourth-order valence-corrected chi connectivity index (χ4v) is 2.48. The Bertz CT molecular complexity index is 1020. The number of rotatable bonds is 6. The van der Waals surface area contributed by atoms with Crippen LogP contribution in [0.15, 0.2) is 56.6 Å². The van der Waals surface area contributed by atoms with Crippen molar-refractivity contribution >= 4 is 18.1 Å². The summed E-state index contributed by atoms with van der Waals surface area (Å²) in [6.07, 6.45) is 2.83. The van der Waals surface area contributed by atoms with E-state index in [4.69, 9.17) is 18.3 Å². The van der Waals surface area contributed by atoms with Gasteiger partial charge in [-0.1, -0.05) is 0 Å². The highest BCUT2D eigenvalue weighted by Crippen LogP contribution is 2.28. The Morgan fingerprint density at radius 3 is 2.61 bits per heavy atom. The van der Waals surface area contributed by atoms with Crippen LogP contribution in [-0.4, -0.2) is 25.2 Å². The summed E-state index contributed by atoms with van der Waals surface area (Å²) in [5.41, 5.74) is 3.49. The number of hydrogen-bond acceptors (Lipinski definition) is 7. The zero-order valence-electron chi connectivity index (χ0n) is 15.5. The van der Waals surface area contributed by atoms with Crippen molar-refractivity contribution in [3.05, 3.63) is 71.1 Å². The first kappa shape index (κ1) is 19.0. The van der Waals surface area contributed by atoms with Gasteiger partial charge < -0.3 is 18.3 Å². The number of methoxy groups -OCH3 is 1. The third-order valence-electron chi connectivity index (χ3n) is 3.78. The molecule has 0 saturated heterocycles. The van der Waals surface area contributed by atoms with Gasteiger partial charge in [-0.25, -0.2) is 10.2 Å². The molecule has 8 nitrogen and oxygen atoms in total. The lowest BCUT2D eigenvalue weighted by Crippen LogP contribution is -2.17. The largest absolute Gasteiger partial charge is 0.493 e. The highest BCUT2D eigenvalue weighted by molar-refractivity contribution is 5.96. The molecule has 0 radical (unpaired) electrons. The number of carbonyl (C=O) groups excluding carboxylic acids is 2. The van der Waals surface area contributed by atoms with Crippen LogP contribution in [0.2, 0.25) is 0 Å². The van der Waals surface area contributed by atoms with Crippen LogP contribution in [0.3, 0.4) is 0 Å². The molecule has 1 amide bonds. The van der Waals surface area contributed by atoms with Crippen LogP contribution in [0.5, 0.6) is 11.5 Å². The molecule has 2 aromatic heterocycles. The van der Waals surface area contributed by atoms with E-state index in [1.165, 1.54) is 25.7 Å². The smallest absolute Gasteiger partial charge is 0.379 e. The Hall–Kier alpha value is -3.81. The third-order valence-corrected chi connectivity index (χ3v) is 3.78. The van der Waals surface area contributed by atoms with Gasteiger partial charge in [0, 0.05) is 0 Å². The summed E-state index contributed by atoms with van der Waals surface area (Å²) in [7, 11) is 1.45. The van der Waals surface area contributed by atoms with E-state index in [0.29, 0.717) is 28.4 Å². The summed E-state index contributed by atoms with van der Waals surface area (Å²) in [4.78, 5) is 24.1. The van der Waals surface area contributed by atoms with E-state index >= 15 is 0 Å². The molecule has 0 atom stereocenters. The van der Waals surface area contributed by atoms with E-state index in [9.17, 15) is 9.59 Å². The lowest BCUT2D eigenvalue weighted by molar-refractivity contribution is 0.0696. The first-order valence-electron chi connectivity index (χ1n) is 8.32. The van der Waals surface area contributed by atoms with Gasteiger partial charge in [-0.2, -0.15) is 5.10 Å².